The summed E-state index contributed by atoms with van der Waals surface area (Å²) in [5.74, 6) is 0. The van der Waals surface area contributed by atoms with E-state index in [9.17, 15) is 0 Å². The Kier molecular flexibility index (Phi) is 4.60. The van der Waals surface area contributed by atoms with Gasteiger partial charge in [-0.1, -0.05) is 86.2 Å². The predicted octanol–water partition coefficient (Wildman–Crippen LogP) is 6.38. The Labute approximate surface area is 136 Å². The Balaban J connectivity index is 2.57. The van der Waals surface area contributed by atoms with Crippen molar-refractivity contribution in [3.8, 4) is 0 Å². The van der Waals surface area contributed by atoms with Crippen LogP contribution in [0.2, 0.25) is 0 Å². The van der Waals surface area contributed by atoms with Crippen molar-refractivity contribution >= 4 is 0 Å². The van der Waals surface area contributed by atoms with E-state index in [1.54, 1.807) is 0 Å². The van der Waals surface area contributed by atoms with E-state index in [4.69, 9.17) is 0 Å². The zero-order valence-electron chi connectivity index (χ0n) is 14.6. The summed E-state index contributed by atoms with van der Waals surface area (Å²) in [5.41, 5.74) is 5.92. The second kappa shape index (κ2) is 6.12. The van der Waals surface area contributed by atoms with Crippen molar-refractivity contribution < 1.29 is 0 Å². The number of hydrogen-bond donors (Lipinski definition) is 0. The molecule has 0 aliphatic heterocycles. The molecule has 2 atom stereocenters. The second-order valence-corrected chi connectivity index (χ2v) is 6.81. The molecule has 0 bridgehead atoms. The fraction of sp³-hybridized carbons (Fsp3) is 0.364. The van der Waals surface area contributed by atoms with Crippen LogP contribution in [0.4, 0.5) is 0 Å². The standard InChI is InChI=1S/C22H28/c1-7-12-19(13-8-2)21(5)16-22(6,18(4)17(21)3)20-14-10-9-11-15-20/h7-15H,1,16H2,2-6H3. The fourth-order valence-corrected chi connectivity index (χ4v) is 3.97. The summed E-state index contributed by atoms with van der Waals surface area (Å²) in [5, 5.41) is 0. The minimum Gasteiger partial charge on any atom is -0.0991 e. The Hall–Kier alpha value is -1.82. The van der Waals surface area contributed by atoms with Crippen molar-refractivity contribution in [1.29, 1.82) is 0 Å². The lowest BCUT2D eigenvalue weighted by Crippen LogP contribution is -2.25. The van der Waals surface area contributed by atoms with Crippen LogP contribution in [-0.4, -0.2) is 0 Å². The van der Waals surface area contributed by atoms with E-state index in [0.717, 1.165) is 6.42 Å². The van der Waals surface area contributed by atoms with Gasteiger partial charge in [0.05, 0.1) is 0 Å². The van der Waals surface area contributed by atoms with E-state index < -0.39 is 0 Å². The van der Waals surface area contributed by atoms with Crippen molar-refractivity contribution in [2.75, 3.05) is 0 Å². The molecule has 1 aromatic rings. The summed E-state index contributed by atoms with van der Waals surface area (Å²) >= 11 is 0. The van der Waals surface area contributed by atoms with Crippen LogP contribution in [0.25, 0.3) is 0 Å². The molecule has 0 heteroatoms. The van der Waals surface area contributed by atoms with Crippen LogP contribution < -0.4 is 0 Å². The third-order valence-electron chi connectivity index (χ3n) is 5.62. The maximum Gasteiger partial charge on any atom is 0.0145 e. The van der Waals surface area contributed by atoms with Gasteiger partial charge in [0.25, 0.3) is 0 Å². The normalized spacial score (nSPS) is 29.4. The van der Waals surface area contributed by atoms with Gasteiger partial charge in [-0.25, -0.2) is 0 Å². The molecule has 2 unspecified atom stereocenters. The molecule has 1 aliphatic carbocycles. The zero-order chi connectivity index (χ0) is 16.4. The molecule has 0 amide bonds. The highest BCUT2D eigenvalue weighted by Gasteiger charge is 2.47. The molecule has 0 N–H and O–H groups in total. The van der Waals surface area contributed by atoms with Crippen LogP contribution in [0, 0.1) is 5.41 Å². The molecule has 1 aromatic carbocycles. The van der Waals surface area contributed by atoms with Gasteiger partial charge in [-0.2, -0.15) is 0 Å². The van der Waals surface area contributed by atoms with E-state index in [2.05, 4.69) is 89.8 Å². The SMILES string of the molecule is C=CC=C(C=CC)C1(C)CC(C)(c2ccccc2)C(C)=C1C. The number of rotatable bonds is 4. The Morgan fingerprint density at radius 3 is 2.27 bits per heavy atom. The van der Waals surface area contributed by atoms with E-state index in [-0.39, 0.29) is 10.8 Å². The van der Waals surface area contributed by atoms with Gasteiger partial charge >= 0.3 is 0 Å². The average Bonchev–Trinajstić information content (AvgIpc) is 2.71. The van der Waals surface area contributed by atoms with Crippen LogP contribution in [0.5, 0.6) is 0 Å². The first kappa shape index (κ1) is 16.5. The van der Waals surface area contributed by atoms with Gasteiger partial charge in [0, 0.05) is 10.8 Å². The van der Waals surface area contributed by atoms with E-state index in [1.165, 1.54) is 22.3 Å². The first-order chi connectivity index (χ1) is 10.4. The lowest BCUT2D eigenvalue weighted by molar-refractivity contribution is 0.395. The number of benzene rings is 1. The first-order valence-electron chi connectivity index (χ1n) is 8.10. The smallest absolute Gasteiger partial charge is 0.0145 e. The quantitative estimate of drug-likeness (QED) is 0.446. The molecule has 0 nitrogen and oxygen atoms in total. The monoisotopic (exact) mass is 292 g/mol. The van der Waals surface area contributed by atoms with E-state index >= 15 is 0 Å². The minimum atomic E-state index is 0.0649. The zero-order valence-corrected chi connectivity index (χ0v) is 14.6. The predicted molar refractivity (Wildman–Crippen MR) is 98.0 cm³/mol. The van der Waals surface area contributed by atoms with Crippen molar-refractivity contribution in [3.05, 3.63) is 83.5 Å². The highest BCUT2D eigenvalue weighted by molar-refractivity contribution is 5.50. The number of allylic oxidation sites excluding steroid dienone is 7. The molecular weight excluding hydrogens is 264 g/mol. The van der Waals surface area contributed by atoms with Crippen LogP contribution in [-0.2, 0) is 5.41 Å². The molecule has 0 heterocycles. The second-order valence-electron chi connectivity index (χ2n) is 6.81. The van der Waals surface area contributed by atoms with E-state index in [1.807, 2.05) is 6.08 Å². The third-order valence-corrected chi connectivity index (χ3v) is 5.62. The maximum absolute atomic E-state index is 3.90. The van der Waals surface area contributed by atoms with Crippen molar-refractivity contribution in [1.82, 2.24) is 0 Å². The highest BCUT2D eigenvalue weighted by Crippen LogP contribution is 2.57. The number of hydrogen-bond acceptors (Lipinski definition) is 0. The summed E-state index contributed by atoms with van der Waals surface area (Å²) in [6.07, 6.45) is 9.52. The maximum atomic E-state index is 3.90. The molecule has 1 aliphatic rings. The van der Waals surface area contributed by atoms with E-state index in [0.29, 0.717) is 0 Å². The van der Waals surface area contributed by atoms with Gasteiger partial charge in [-0.15, -0.1) is 0 Å². The van der Waals surface area contributed by atoms with Gasteiger partial charge < -0.3 is 0 Å². The Bertz CT molecular complexity index is 642. The van der Waals surface area contributed by atoms with Crippen molar-refractivity contribution in [2.24, 2.45) is 5.41 Å². The molecular formula is C22H28. The minimum absolute atomic E-state index is 0.0649. The van der Waals surface area contributed by atoms with Crippen LogP contribution in [0.1, 0.15) is 46.6 Å². The van der Waals surface area contributed by atoms with Gasteiger partial charge in [0.2, 0.25) is 0 Å². The molecule has 0 fully saturated rings. The molecule has 2 rings (SSSR count). The van der Waals surface area contributed by atoms with Gasteiger partial charge in [0.1, 0.15) is 0 Å². The van der Waals surface area contributed by atoms with Crippen molar-refractivity contribution in [3.63, 3.8) is 0 Å². The molecule has 0 saturated carbocycles. The first-order valence-corrected chi connectivity index (χ1v) is 8.10. The molecule has 0 spiro atoms. The van der Waals surface area contributed by atoms with Gasteiger partial charge in [0.15, 0.2) is 0 Å². The van der Waals surface area contributed by atoms with Crippen LogP contribution >= 0.6 is 0 Å². The lowest BCUT2D eigenvalue weighted by atomic mass is 9.70. The average molecular weight is 292 g/mol. The van der Waals surface area contributed by atoms with Gasteiger partial charge in [-0.05, 0) is 38.3 Å². The molecule has 116 valence electrons. The summed E-state index contributed by atoms with van der Waals surface area (Å²) < 4.78 is 0. The van der Waals surface area contributed by atoms with Crippen LogP contribution in [0.15, 0.2) is 77.9 Å². The highest BCUT2D eigenvalue weighted by atomic mass is 14.5. The summed E-state index contributed by atoms with van der Waals surface area (Å²) in [4.78, 5) is 0. The molecule has 22 heavy (non-hydrogen) atoms. The topological polar surface area (TPSA) is 0 Å². The van der Waals surface area contributed by atoms with Gasteiger partial charge in [-0.3, -0.25) is 0 Å². The fourth-order valence-electron chi connectivity index (χ4n) is 3.97. The van der Waals surface area contributed by atoms with Crippen LogP contribution in [0.3, 0.4) is 0 Å². The summed E-state index contributed by atoms with van der Waals surface area (Å²) in [6, 6.07) is 10.9. The third kappa shape index (κ3) is 2.52. The molecule has 0 radical (unpaired) electrons. The Morgan fingerprint density at radius 2 is 1.73 bits per heavy atom. The molecule has 0 saturated heterocycles. The summed E-state index contributed by atoms with van der Waals surface area (Å²) in [6.45, 7) is 15.3. The summed E-state index contributed by atoms with van der Waals surface area (Å²) in [7, 11) is 0. The largest absolute Gasteiger partial charge is 0.0991 e. The Morgan fingerprint density at radius 1 is 1.09 bits per heavy atom. The van der Waals surface area contributed by atoms with Crippen molar-refractivity contribution in [2.45, 2.75) is 46.5 Å². The lowest BCUT2D eigenvalue weighted by Gasteiger charge is -2.33. The molecule has 0 aromatic heterocycles.